The first kappa shape index (κ1) is 20.7. The van der Waals surface area contributed by atoms with Crippen molar-refractivity contribution in [1.29, 1.82) is 0 Å². The highest BCUT2D eigenvalue weighted by atomic mass is 79.9. The van der Waals surface area contributed by atoms with E-state index in [1.54, 1.807) is 20.8 Å². The van der Waals surface area contributed by atoms with Crippen molar-refractivity contribution in [2.75, 3.05) is 7.11 Å². The molecule has 7 nitrogen and oxygen atoms in total. The van der Waals surface area contributed by atoms with E-state index in [0.717, 1.165) is 7.11 Å². The lowest BCUT2D eigenvalue weighted by molar-refractivity contribution is -0.177. The van der Waals surface area contributed by atoms with E-state index in [9.17, 15) is 18.8 Å². The zero-order valence-corrected chi connectivity index (χ0v) is 17.7. The third-order valence-electron chi connectivity index (χ3n) is 5.15. The molecule has 9 heteroatoms. The van der Waals surface area contributed by atoms with Gasteiger partial charge in [-0.1, -0.05) is 0 Å². The molecule has 1 amide bonds. The summed E-state index contributed by atoms with van der Waals surface area (Å²) in [6.07, 6.45) is 1.14. The first-order chi connectivity index (χ1) is 13.0. The van der Waals surface area contributed by atoms with E-state index in [0.29, 0.717) is 12.8 Å². The first-order valence-electron chi connectivity index (χ1n) is 8.95. The summed E-state index contributed by atoms with van der Waals surface area (Å²) in [5.41, 5.74) is -2.71. The number of hydrogen-bond donors (Lipinski definition) is 0. The number of rotatable bonds is 3. The molecule has 2 saturated heterocycles. The van der Waals surface area contributed by atoms with Crippen LogP contribution in [0.2, 0.25) is 0 Å². The molecule has 1 aromatic heterocycles. The van der Waals surface area contributed by atoms with Gasteiger partial charge in [-0.3, -0.25) is 9.69 Å². The van der Waals surface area contributed by atoms with E-state index in [2.05, 4.69) is 20.9 Å². The molecule has 3 aliphatic rings. The molecule has 3 heterocycles. The molecule has 152 valence electrons. The van der Waals surface area contributed by atoms with E-state index >= 15 is 0 Å². The van der Waals surface area contributed by atoms with E-state index in [-0.39, 0.29) is 28.5 Å². The standard InChI is InChI=1S/C19H22BrFN2O5/c1-18(2,3)28-17(26)23-12-7-11(8-12)14(24)19(23,16(25)27-4)9-10-5-6-22-15(20)13(10)21/h5-6,11-12H,7-9H2,1-4H3. The van der Waals surface area contributed by atoms with Gasteiger partial charge in [0.1, 0.15) is 10.2 Å². The van der Waals surface area contributed by atoms with Gasteiger partial charge in [0.05, 0.1) is 7.11 Å². The zero-order valence-electron chi connectivity index (χ0n) is 16.1. The number of aromatic nitrogens is 1. The second-order valence-corrected chi connectivity index (χ2v) is 8.89. The molecule has 3 fully saturated rings. The van der Waals surface area contributed by atoms with Gasteiger partial charge >= 0.3 is 12.1 Å². The van der Waals surface area contributed by atoms with Crippen LogP contribution in [0.1, 0.15) is 39.2 Å². The van der Waals surface area contributed by atoms with Gasteiger partial charge in [-0.25, -0.2) is 19.0 Å². The Balaban J connectivity index is 2.11. The van der Waals surface area contributed by atoms with Crippen LogP contribution < -0.4 is 0 Å². The van der Waals surface area contributed by atoms with Crippen molar-refractivity contribution in [1.82, 2.24) is 9.88 Å². The number of amides is 1. The van der Waals surface area contributed by atoms with Crippen molar-refractivity contribution < 1.29 is 28.2 Å². The smallest absolute Gasteiger partial charge is 0.411 e. The number of pyridine rings is 1. The van der Waals surface area contributed by atoms with Gasteiger partial charge in [0, 0.05) is 24.6 Å². The van der Waals surface area contributed by atoms with Crippen molar-refractivity contribution in [2.24, 2.45) is 5.92 Å². The number of ether oxygens (including phenoxy) is 2. The number of esters is 1. The molecule has 1 saturated carbocycles. The maximum atomic E-state index is 14.6. The molecule has 4 rings (SSSR count). The Kier molecular flexibility index (Phi) is 5.24. The fourth-order valence-electron chi connectivity index (χ4n) is 3.88. The normalized spacial score (nSPS) is 26.5. The first-order valence-corrected chi connectivity index (χ1v) is 9.74. The molecule has 0 N–H and O–H groups in total. The van der Waals surface area contributed by atoms with Crippen molar-refractivity contribution in [3.8, 4) is 0 Å². The summed E-state index contributed by atoms with van der Waals surface area (Å²) in [5.74, 6) is -2.40. The maximum absolute atomic E-state index is 14.6. The molecule has 0 spiro atoms. The van der Waals surface area contributed by atoms with Crippen molar-refractivity contribution >= 4 is 33.8 Å². The SMILES string of the molecule is COC(=O)C1(Cc2ccnc(Br)c2F)C(=O)C2CC(C2)N1C(=O)OC(C)(C)C. The van der Waals surface area contributed by atoms with Crippen LogP contribution in [0.4, 0.5) is 9.18 Å². The van der Waals surface area contributed by atoms with E-state index < -0.39 is 34.8 Å². The lowest BCUT2D eigenvalue weighted by Crippen LogP contribution is -2.76. The number of halogens is 2. The van der Waals surface area contributed by atoms with Gasteiger partial charge in [-0.2, -0.15) is 0 Å². The van der Waals surface area contributed by atoms with Crippen LogP contribution in [0.15, 0.2) is 16.9 Å². The van der Waals surface area contributed by atoms with Gasteiger partial charge in [0.25, 0.3) is 0 Å². The zero-order chi connectivity index (χ0) is 20.9. The van der Waals surface area contributed by atoms with Crippen LogP contribution in [-0.4, -0.2) is 52.0 Å². The number of Topliss-reactive ketones (excluding diaryl/α,β-unsaturated/α-hetero) is 1. The Morgan fingerprint density at radius 3 is 2.61 bits per heavy atom. The summed E-state index contributed by atoms with van der Waals surface area (Å²) < 4.78 is 25.0. The summed E-state index contributed by atoms with van der Waals surface area (Å²) in [7, 11) is 1.14. The quantitative estimate of drug-likeness (QED) is 0.394. The second-order valence-electron chi connectivity index (χ2n) is 8.14. The molecule has 1 aliphatic carbocycles. The van der Waals surface area contributed by atoms with Crippen LogP contribution in [0.5, 0.6) is 0 Å². The van der Waals surface area contributed by atoms with Crippen LogP contribution in [0.3, 0.4) is 0 Å². The summed E-state index contributed by atoms with van der Waals surface area (Å²) in [6, 6.07) is 1.04. The van der Waals surface area contributed by atoms with E-state index in [1.807, 2.05) is 0 Å². The molecule has 28 heavy (non-hydrogen) atoms. The summed E-state index contributed by atoms with van der Waals surface area (Å²) in [5, 5.41) is 0. The number of methoxy groups -OCH3 is 1. The number of ketones is 1. The highest BCUT2D eigenvalue weighted by Crippen LogP contribution is 2.48. The number of carbonyl (C=O) groups excluding carboxylic acids is 3. The monoisotopic (exact) mass is 456 g/mol. The van der Waals surface area contributed by atoms with Crippen LogP contribution in [-0.2, 0) is 25.5 Å². The average molecular weight is 457 g/mol. The Labute approximate surface area is 170 Å². The average Bonchev–Trinajstić information content (AvgIpc) is 2.56. The van der Waals surface area contributed by atoms with Gasteiger partial charge in [-0.15, -0.1) is 0 Å². The van der Waals surface area contributed by atoms with Crippen molar-refractivity contribution in [3.63, 3.8) is 0 Å². The van der Waals surface area contributed by atoms with E-state index in [1.165, 1.54) is 17.2 Å². The molecular formula is C19H22BrFN2O5. The Hall–Kier alpha value is -2.03. The minimum absolute atomic E-state index is 0.0396. The fourth-order valence-corrected chi connectivity index (χ4v) is 4.25. The van der Waals surface area contributed by atoms with Crippen molar-refractivity contribution in [3.05, 3.63) is 28.2 Å². The minimum Gasteiger partial charge on any atom is -0.467 e. The highest BCUT2D eigenvalue weighted by molar-refractivity contribution is 9.10. The Morgan fingerprint density at radius 1 is 1.39 bits per heavy atom. The number of fused-ring (bicyclic) bond motifs is 2. The third kappa shape index (κ3) is 3.29. The summed E-state index contributed by atoms with van der Waals surface area (Å²) in [6.45, 7) is 5.08. The maximum Gasteiger partial charge on any atom is 0.411 e. The Bertz CT molecular complexity index is 834. The number of hydrogen-bond acceptors (Lipinski definition) is 6. The van der Waals surface area contributed by atoms with Crippen LogP contribution in [0, 0.1) is 11.7 Å². The molecule has 1 aromatic rings. The summed E-state index contributed by atoms with van der Waals surface area (Å²) in [4.78, 5) is 44.1. The molecule has 0 aromatic carbocycles. The lowest BCUT2D eigenvalue weighted by Gasteiger charge is -2.56. The second kappa shape index (κ2) is 7.09. The van der Waals surface area contributed by atoms with Crippen LogP contribution in [0.25, 0.3) is 0 Å². The van der Waals surface area contributed by atoms with Gasteiger partial charge in [0.2, 0.25) is 5.54 Å². The number of nitrogens with zero attached hydrogens (tertiary/aromatic N) is 2. The minimum atomic E-state index is -1.97. The number of carbonyl (C=O) groups is 3. The van der Waals surface area contributed by atoms with Crippen molar-refractivity contribution in [2.45, 2.75) is 57.2 Å². The molecule has 0 radical (unpaired) electrons. The topological polar surface area (TPSA) is 85.8 Å². The van der Waals surface area contributed by atoms with Gasteiger partial charge in [-0.05, 0) is 61.2 Å². The predicted molar refractivity (Wildman–Crippen MR) is 99.9 cm³/mol. The molecular weight excluding hydrogens is 435 g/mol. The molecule has 1 unspecified atom stereocenters. The lowest BCUT2D eigenvalue weighted by atomic mass is 9.63. The van der Waals surface area contributed by atoms with E-state index in [4.69, 9.17) is 9.47 Å². The fraction of sp³-hybridized carbons (Fsp3) is 0.579. The number of piperidine rings is 2. The van der Waals surface area contributed by atoms with Gasteiger partial charge < -0.3 is 9.47 Å². The van der Waals surface area contributed by atoms with Gasteiger partial charge in [0.15, 0.2) is 11.6 Å². The van der Waals surface area contributed by atoms with Crippen LogP contribution >= 0.6 is 15.9 Å². The predicted octanol–water partition coefficient (Wildman–Crippen LogP) is 3.04. The molecule has 2 bridgehead atoms. The Morgan fingerprint density at radius 2 is 2.04 bits per heavy atom. The molecule has 1 atom stereocenters. The summed E-state index contributed by atoms with van der Waals surface area (Å²) >= 11 is 3.01. The highest BCUT2D eigenvalue weighted by Gasteiger charge is 2.66. The largest absolute Gasteiger partial charge is 0.467 e. The molecule has 2 aliphatic heterocycles. The third-order valence-corrected chi connectivity index (χ3v) is 5.71.